The fourth-order valence-electron chi connectivity index (χ4n) is 2.76. The van der Waals surface area contributed by atoms with Gasteiger partial charge in [-0.1, -0.05) is 0 Å². The van der Waals surface area contributed by atoms with Crippen molar-refractivity contribution in [3.63, 3.8) is 0 Å². The number of rotatable bonds is 6. The second-order valence-corrected chi connectivity index (χ2v) is 7.71. The smallest absolute Gasteiger partial charge is 0.213 e. The molecule has 2 aliphatic heterocycles. The average molecular weight is 305 g/mol. The van der Waals surface area contributed by atoms with Crippen molar-refractivity contribution < 1.29 is 13.2 Å². The lowest BCUT2D eigenvalue weighted by molar-refractivity contribution is 0.0356. The van der Waals surface area contributed by atoms with Gasteiger partial charge < -0.3 is 9.64 Å². The van der Waals surface area contributed by atoms with E-state index in [0.29, 0.717) is 13.1 Å². The highest BCUT2D eigenvalue weighted by Crippen LogP contribution is 2.08. The fourth-order valence-corrected chi connectivity index (χ4v) is 3.84. The van der Waals surface area contributed by atoms with Crippen molar-refractivity contribution in [3.05, 3.63) is 0 Å². The Kier molecular flexibility index (Phi) is 6.22. The van der Waals surface area contributed by atoms with Gasteiger partial charge in [-0.15, -0.1) is 0 Å². The van der Waals surface area contributed by atoms with Crippen molar-refractivity contribution in [2.45, 2.75) is 13.3 Å². The van der Waals surface area contributed by atoms with Crippen LogP contribution in [0.5, 0.6) is 0 Å². The van der Waals surface area contributed by atoms with Gasteiger partial charge in [-0.3, -0.25) is 4.90 Å². The molecule has 0 aliphatic carbocycles. The van der Waals surface area contributed by atoms with E-state index >= 15 is 0 Å². The Morgan fingerprint density at radius 2 is 1.45 bits per heavy atom. The summed E-state index contributed by atoms with van der Waals surface area (Å²) in [4.78, 5) is 4.82. The summed E-state index contributed by atoms with van der Waals surface area (Å²) in [7, 11) is -3.00. The lowest BCUT2D eigenvalue weighted by atomic mass is 10.3. The second-order valence-electron chi connectivity index (χ2n) is 5.45. The van der Waals surface area contributed by atoms with E-state index in [1.54, 1.807) is 11.2 Å². The van der Waals surface area contributed by atoms with Gasteiger partial charge >= 0.3 is 0 Å². The van der Waals surface area contributed by atoms with Gasteiger partial charge in [0.2, 0.25) is 10.0 Å². The zero-order valence-electron chi connectivity index (χ0n) is 12.5. The van der Waals surface area contributed by atoms with Crippen molar-refractivity contribution >= 4 is 10.0 Å². The molecule has 0 bridgehead atoms. The highest BCUT2D eigenvalue weighted by atomic mass is 32.2. The Morgan fingerprint density at radius 3 is 2.00 bits per heavy atom. The number of nitrogens with zero attached hydrogens (tertiary/aromatic N) is 3. The molecular weight excluding hydrogens is 278 g/mol. The quantitative estimate of drug-likeness (QED) is 0.673. The van der Waals surface area contributed by atoms with Gasteiger partial charge in [0.05, 0.1) is 19.0 Å². The maximum atomic E-state index is 11.8. The SMILES string of the molecule is CCS(=O)(=O)N1CCN(CCCN2CCOCC2)CC1. The summed E-state index contributed by atoms with van der Waals surface area (Å²) in [6, 6.07) is 0. The van der Waals surface area contributed by atoms with Crippen LogP contribution in [0.2, 0.25) is 0 Å². The molecule has 0 aromatic heterocycles. The minimum atomic E-state index is -3.00. The summed E-state index contributed by atoms with van der Waals surface area (Å²) in [6.07, 6.45) is 1.15. The van der Waals surface area contributed by atoms with Gasteiger partial charge in [-0.2, -0.15) is 4.31 Å². The first-order valence-corrected chi connectivity index (χ1v) is 9.23. The molecule has 0 saturated carbocycles. The Morgan fingerprint density at radius 1 is 0.900 bits per heavy atom. The van der Waals surface area contributed by atoms with Crippen LogP contribution in [0.3, 0.4) is 0 Å². The molecule has 6 nitrogen and oxygen atoms in total. The van der Waals surface area contributed by atoms with Crippen LogP contribution in [0.1, 0.15) is 13.3 Å². The summed E-state index contributed by atoms with van der Waals surface area (Å²) in [5.74, 6) is 0.212. The number of ether oxygens (including phenoxy) is 1. The summed E-state index contributed by atoms with van der Waals surface area (Å²) in [6.45, 7) is 10.7. The van der Waals surface area contributed by atoms with Crippen LogP contribution in [0, 0.1) is 0 Å². The minimum absolute atomic E-state index is 0.212. The number of morpholine rings is 1. The lowest BCUT2D eigenvalue weighted by Crippen LogP contribution is -2.49. The van der Waals surface area contributed by atoms with Crippen LogP contribution in [0.4, 0.5) is 0 Å². The highest BCUT2D eigenvalue weighted by molar-refractivity contribution is 7.89. The van der Waals surface area contributed by atoms with E-state index in [4.69, 9.17) is 4.74 Å². The average Bonchev–Trinajstić information content (AvgIpc) is 2.49. The third kappa shape index (κ3) is 4.66. The topological polar surface area (TPSA) is 53.1 Å². The largest absolute Gasteiger partial charge is 0.379 e. The zero-order valence-corrected chi connectivity index (χ0v) is 13.3. The third-order valence-electron chi connectivity index (χ3n) is 4.14. The molecule has 2 saturated heterocycles. The molecule has 2 fully saturated rings. The first kappa shape index (κ1) is 16.2. The standard InChI is InChI=1S/C13H27N3O3S/c1-2-20(17,18)16-8-6-14(7-9-16)4-3-5-15-10-12-19-13-11-15/h2-13H2,1H3. The van der Waals surface area contributed by atoms with Crippen molar-refractivity contribution in [2.75, 3.05) is 71.3 Å². The molecule has 2 rings (SSSR count). The van der Waals surface area contributed by atoms with Crippen molar-refractivity contribution in [1.29, 1.82) is 0 Å². The number of sulfonamides is 1. The van der Waals surface area contributed by atoms with Crippen LogP contribution in [0.25, 0.3) is 0 Å². The molecule has 0 amide bonds. The Bertz CT molecular complexity index is 374. The predicted octanol–water partition coefficient (Wildman–Crippen LogP) is -0.324. The van der Waals surface area contributed by atoms with E-state index in [1.165, 1.54) is 0 Å². The summed E-state index contributed by atoms with van der Waals surface area (Å²) in [5, 5.41) is 0. The Labute approximate surface area is 122 Å². The van der Waals surface area contributed by atoms with E-state index < -0.39 is 10.0 Å². The molecule has 0 N–H and O–H groups in total. The molecule has 0 spiro atoms. The molecule has 0 aromatic carbocycles. The normalized spacial score (nSPS) is 24.1. The molecule has 2 heterocycles. The minimum Gasteiger partial charge on any atom is -0.379 e. The zero-order chi connectivity index (χ0) is 14.4. The molecule has 2 aliphatic rings. The molecule has 0 unspecified atom stereocenters. The van der Waals surface area contributed by atoms with Gasteiger partial charge in [-0.25, -0.2) is 8.42 Å². The van der Waals surface area contributed by atoms with Crippen molar-refractivity contribution in [2.24, 2.45) is 0 Å². The van der Waals surface area contributed by atoms with Gasteiger partial charge in [0.25, 0.3) is 0 Å². The maximum absolute atomic E-state index is 11.8. The monoisotopic (exact) mass is 305 g/mol. The van der Waals surface area contributed by atoms with Gasteiger partial charge in [0.15, 0.2) is 0 Å². The van der Waals surface area contributed by atoms with E-state index in [9.17, 15) is 8.42 Å². The van der Waals surface area contributed by atoms with Crippen LogP contribution in [-0.2, 0) is 14.8 Å². The Balaban J connectivity index is 1.62. The number of hydrogen-bond acceptors (Lipinski definition) is 5. The van der Waals surface area contributed by atoms with Crippen LogP contribution >= 0.6 is 0 Å². The molecule has 118 valence electrons. The fraction of sp³-hybridized carbons (Fsp3) is 1.00. The second kappa shape index (κ2) is 7.70. The van der Waals surface area contributed by atoms with Crippen LogP contribution in [0.15, 0.2) is 0 Å². The van der Waals surface area contributed by atoms with E-state index in [-0.39, 0.29) is 5.75 Å². The molecule has 20 heavy (non-hydrogen) atoms. The van der Waals surface area contributed by atoms with Gasteiger partial charge in [-0.05, 0) is 26.4 Å². The van der Waals surface area contributed by atoms with Crippen molar-refractivity contribution in [1.82, 2.24) is 14.1 Å². The number of hydrogen-bond donors (Lipinski definition) is 0. The summed E-state index contributed by atoms with van der Waals surface area (Å²) < 4.78 is 30.5. The number of piperazine rings is 1. The Hall–Kier alpha value is -0.210. The molecule has 0 atom stereocenters. The highest BCUT2D eigenvalue weighted by Gasteiger charge is 2.25. The van der Waals surface area contributed by atoms with Crippen LogP contribution < -0.4 is 0 Å². The van der Waals surface area contributed by atoms with Gasteiger partial charge in [0.1, 0.15) is 0 Å². The molecule has 0 radical (unpaired) electrons. The first-order chi connectivity index (χ1) is 9.62. The van der Waals surface area contributed by atoms with Crippen LogP contribution in [-0.4, -0.2) is 93.8 Å². The maximum Gasteiger partial charge on any atom is 0.213 e. The summed E-state index contributed by atoms with van der Waals surface area (Å²) >= 11 is 0. The molecule has 0 aromatic rings. The van der Waals surface area contributed by atoms with Gasteiger partial charge in [0, 0.05) is 39.3 Å². The molecular formula is C13H27N3O3S. The first-order valence-electron chi connectivity index (χ1n) is 7.62. The van der Waals surface area contributed by atoms with E-state index in [1.807, 2.05) is 0 Å². The van der Waals surface area contributed by atoms with E-state index in [0.717, 1.165) is 58.9 Å². The lowest BCUT2D eigenvalue weighted by Gasteiger charge is -2.34. The third-order valence-corrected chi connectivity index (χ3v) is 6.02. The van der Waals surface area contributed by atoms with E-state index in [2.05, 4.69) is 9.80 Å². The molecule has 7 heteroatoms. The predicted molar refractivity (Wildman–Crippen MR) is 79.3 cm³/mol. The summed E-state index contributed by atoms with van der Waals surface area (Å²) in [5.41, 5.74) is 0. The van der Waals surface area contributed by atoms with Crippen molar-refractivity contribution in [3.8, 4) is 0 Å².